The van der Waals surface area contributed by atoms with Crippen molar-refractivity contribution in [1.82, 2.24) is 20.4 Å². The van der Waals surface area contributed by atoms with Crippen molar-refractivity contribution in [3.8, 4) is 0 Å². The molecule has 9 nitrogen and oxygen atoms in total. The van der Waals surface area contributed by atoms with Gasteiger partial charge >= 0.3 is 17.9 Å². The standard InChI is InChI=1S/C26H27N5O4/c1-16-10-17(11-20-14-27-29-24(16)20)12-22(25(33)34)28-26(35)30-8-6-21(7-9-30)31-15-19-5-3-2-4-18(19)13-23(31)32/h2-5,10-11,14-15,21-22H,6-9,12-13H2,1H3,(H2-,27,28,29,33,34,35)/p+1/t22-/m1/s1. The molecule has 1 saturated heterocycles. The van der Waals surface area contributed by atoms with Crippen molar-refractivity contribution in [2.24, 2.45) is 0 Å². The zero-order chi connectivity index (χ0) is 24.5. The predicted molar refractivity (Wildman–Crippen MR) is 130 cm³/mol. The van der Waals surface area contributed by atoms with Gasteiger partial charge in [0.2, 0.25) is 0 Å². The molecule has 3 heterocycles. The third-order valence-corrected chi connectivity index (χ3v) is 6.95. The number of carboxylic acid groups (broad SMARTS) is 1. The molecule has 1 atom stereocenters. The van der Waals surface area contributed by atoms with Crippen LogP contribution in [-0.2, 0) is 22.4 Å². The Kier molecular flexibility index (Phi) is 6.07. The molecule has 2 aliphatic heterocycles. The van der Waals surface area contributed by atoms with E-state index in [0.717, 1.165) is 33.2 Å². The summed E-state index contributed by atoms with van der Waals surface area (Å²) >= 11 is 0. The van der Waals surface area contributed by atoms with Crippen molar-refractivity contribution in [3.05, 3.63) is 64.8 Å². The molecule has 0 aliphatic carbocycles. The van der Waals surface area contributed by atoms with Crippen LogP contribution in [0.4, 0.5) is 4.79 Å². The van der Waals surface area contributed by atoms with Gasteiger partial charge in [0, 0.05) is 43.3 Å². The largest absolute Gasteiger partial charge is 0.480 e. The zero-order valence-electron chi connectivity index (χ0n) is 19.5. The molecule has 1 fully saturated rings. The average Bonchev–Trinajstić information content (AvgIpc) is 3.32. The van der Waals surface area contributed by atoms with Crippen molar-refractivity contribution >= 4 is 35.0 Å². The highest BCUT2D eigenvalue weighted by Gasteiger charge is 2.36. The minimum Gasteiger partial charge on any atom is -0.480 e. The average molecular weight is 475 g/mol. The molecule has 0 saturated carbocycles. The van der Waals surface area contributed by atoms with Gasteiger partial charge < -0.3 is 15.3 Å². The Morgan fingerprint density at radius 1 is 1.26 bits per heavy atom. The van der Waals surface area contributed by atoms with Gasteiger partial charge in [-0.2, -0.15) is 9.67 Å². The van der Waals surface area contributed by atoms with Gasteiger partial charge in [-0.05, 0) is 35.7 Å². The summed E-state index contributed by atoms with van der Waals surface area (Å²) in [6.45, 7) is 2.86. The second-order valence-electron chi connectivity index (χ2n) is 9.32. The highest BCUT2D eigenvalue weighted by Crippen LogP contribution is 2.21. The van der Waals surface area contributed by atoms with Crippen LogP contribution in [0.25, 0.3) is 10.9 Å². The molecule has 2 aliphatic rings. The summed E-state index contributed by atoms with van der Waals surface area (Å²) in [6, 6.07) is 10.3. The van der Waals surface area contributed by atoms with E-state index in [1.807, 2.05) is 54.1 Å². The number of nitrogens with zero attached hydrogens (tertiary/aromatic N) is 3. The van der Waals surface area contributed by atoms with Crippen LogP contribution < -0.4 is 5.32 Å². The van der Waals surface area contributed by atoms with Gasteiger partial charge in [-0.1, -0.05) is 24.3 Å². The summed E-state index contributed by atoms with van der Waals surface area (Å²) < 4.78 is 1.81. The molecular weight excluding hydrogens is 446 g/mol. The molecule has 180 valence electrons. The molecule has 3 N–H and O–H groups in total. The first-order valence-electron chi connectivity index (χ1n) is 11.8. The number of carboxylic acids is 1. The van der Waals surface area contributed by atoms with Crippen LogP contribution in [0.5, 0.6) is 0 Å². The van der Waals surface area contributed by atoms with Crippen LogP contribution in [-0.4, -0.2) is 74.1 Å². The maximum absolute atomic E-state index is 12.9. The molecule has 0 unspecified atom stereocenters. The number of carbonyl (C=O) groups is 3. The number of fused-ring (bicyclic) bond motifs is 2. The van der Waals surface area contributed by atoms with E-state index in [4.69, 9.17) is 0 Å². The van der Waals surface area contributed by atoms with E-state index in [0.29, 0.717) is 32.4 Å². The quantitative estimate of drug-likeness (QED) is 0.490. The maximum atomic E-state index is 12.9. The molecular formula is C26H28N5O4+. The summed E-state index contributed by atoms with van der Waals surface area (Å²) in [5.41, 5.74) is 4.80. The smallest absolute Gasteiger partial charge is 0.391 e. The summed E-state index contributed by atoms with van der Waals surface area (Å²) in [7, 11) is 0. The molecule has 35 heavy (non-hydrogen) atoms. The Labute approximate surface area is 202 Å². The lowest BCUT2D eigenvalue weighted by Crippen LogP contribution is -2.53. The van der Waals surface area contributed by atoms with E-state index in [1.54, 1.807) is 11.1 Å². The van der Waals surface area contributed by atoms with Crippen LogP contribution in [0.15, 0.2) is 42.6 Å². The number of amides is 3. The van der Waals surface area contributed by atoms with E-state index in [-0.39, 0.29) is 18.4 Å². The molecule has 3 amide bonds. The number of rotatable bonds is 5. The number of aromatic amines is 1. The fourth-order valence-corrected chi connectivity index (χ4v) is 5.06. The predicted octanol–water partition coefficient (Wildman–Crippen LogP) is 2.26. The number of carbonyl (C=O) groups excluding carboxylic acids is 2. The Hall–Kier alpha value is -4.01. The summed E-state index contributed by atoms with van der Waals surface area (Å²) in [5.74, 6) is -1.01. The lowest BCUT2D eigenvalue weighted by atomic mass is 9.98. The number of likely N-dealkylation sites (tertiary alicyclic amines) is 1. The fourth-order valence-electron chi connectivity index (χ4n) is 5.06. The Morgan fingerprint density at radius 2 is 2.03 bits per heavy atom. The lowest BCUT2D eigenvalue weighted by molar-refractivity contribution is -0.489. The summed E-state index contributed by atoms with van der Waals surface area (Å²) in [5, 5.41) is 20.3. The first-order valence-corrected chi connectivity index (χ1v) is 11.8. The number of hydrogen-bond donors (Lipinski definition) is 3. The molecule has 5 rings (SSSR count). The van der Waals surface area contributed by atoms with Crippen LogP contribution in [0.1, 0.15) is 35.1 Å². The van der Waals surface area contributed by atoms with Gasteiger partial charge in [-0.25, -0.2) is 14.4 Å². The summed E-state index contributed by atoms with van der Waals surface area (Å²) in [4.78, 5) is 39.1. The Balaban J connectivity index is 1.22. The Morgan fingerprint density at radius 3 is 2.80 bits per heavy atom. The monoisotopic (exact) mass is 474 g/mol. The molecule has 0 spiro atoms. The SMILES string of the molecule is Cc1cc(C[C@@H](NC(=O)N2CCC([N+]3=Cc4ccccc4CC3=O)CC2)C(=O)O)cc2cn[nH]c12. The molecule has 9 heteroatoms. The van der Waals surface area contributed by atoms with Gasteiger partial charge in [-0.15, -0.1) is 0 Å². The van der Waals surface area contributed by atoms with E-state index in [2.05, 4.69) is 15.5 Å². The number of piperidine rings is 1. The van der Waals surface area contributed by atoms with Crippen molar-refractivity contribution < 1.29 is 24.1 Å². The van der Waals surface area contributed by atoms with Crippen molar-refractivity contribution in [1.29, 1.82) is 0 Å². The number of urea groups is 1. The zero-order valence-corrected chi connectivity index (χ0v) is 19.5. The van der Waals surface area contributed by atoms with Crippen LogP contribution >= 0.6 is 0 Å². The minimum absolute atomic E-state index is 0.0276. The van der Waals surface area contributed by atoms with Gasteiger partial charge in [0.25, 0.3) is 0 Å². The van der Waals surface area contributed by atoms with Gasteiger partial charge in [0.05, 0.1) is 11.7 Å². The van der Waals surface area contributed by atoms with E-state index in [9.17, 15) is 19.5 Å². The van der Waals surface area contributed by atoms with E-state index < -0.39 is 18.0 Å². The molecule has 2 aromatic carbocycles. The van der Waals surface area contributed by atoms with Crippen LogP contribution in [0.2, 0.25) is 0 Å². The second-order valence-corrected chi connectivity index (χ2v) is 9.32. The number of aromatic nitrogens is 2. The van der Waals surface area contributed by atoms with Crippen molar-refractivity contribution in [3.63, 3.8) is 0 Å². The number of aliphatic carboxylic acids is 1. The highest BCUT2D eigenvalue weighted by molar-refractivity contribution is 5.89. The molecule has 1 aromatic heterocycles. The number of aryl methyl sites for hydroxylation is 1. The van der Waals surface area contributed by atoms with Crippen molar-refractivity contribution in [2.45, 2.75) is 44.7 Å². The highest BCUT2D eigenvalue weighted by atomic mass is 16.4. The van der Waals surface area contributed by atoms with Crippen LogP contribution in [0, 0.1) is 6.92 Å². The number of benzene rings is 2. The van der Waals surface area contributed by atoms with Crippen molar-refractivity contribution in [2.75, 3.05) is 13.1 Å². The topological polar surface area (TPSA) is 118 Å². The van der Waals surface area contributed by atoms with E-state index in [1.165, 1.54) is 0 Å². The second kappa shape index (κ2) is 9.32. The number of nitrogens with one attached hydrogen (secondary N) is 2. The minimum atomic E-state index is -1.08. The summed E-state index contributed by atoms with van der Waals surface area (Å²) in [6.07, 6.45) is 5.47. The number of hydrogen-bond acceptors (Lipinski definition) is 4. The Bertz CT molecular complexity index is 1340. The fraction of sp³-hybridized carbons (Fsp3) is 0.346. The van der Waals surface area contributed by atoms with Gasteiger partial charge in [-0.3, -0.25) is 5.10 Å². The molecule has 3 aromatic rings. The van der Waals surface area contributed by atoms with Crippen LogP contribution in [0.3, 0.4) is 0 Å². The molecule has 0 radical (unpaired) electrons. The van der Waals surface area contributed by atoms with Gasteiger partial charge in [0.1, 0.15) is 12.5 Å². The normalized spacial score (nSPS) is 17.1. The third-order valence-electron chi connectivity index (χ3n) is 6.95. The number of H-pyrrole nitrogens is 1. The van der Waals surface area contributed by atoms with E-state index >= 15 is 0 Å². The third kappa shape index (κ3) is 4.66. The lowest BCUT2D eigenvalue weighted by Gasteiger charge is -2.31. The first kappa shape index (κ1) is 22.8. The molecule has 0 bridgehead atoms. The van der Waals surface area contributed by atoms with Gasteiger partial charge in [0.15, 0.2) is 12.3 Å². The first-order chi connectivity index (χ1) is 16.9. The maximum Gasteiger partial charge on any atom is 0.391 e.